The standard InChI is InChI=1S/C16H19FN2O3S/c17-14-6-1-2-7-15(14)23(21,22)18-11-10-16(20)19-12-4-3-5-13(19)9-8-12/h1-4,6-7,12-13,18H,5,8-11H2. The summed E-state index contributed by atoms with van der Waals surface area (Å²) in [5, 5.41) is 0. The van der Waals surface area contributed by atoms with Gasteiger partial charge in [0.05, 0.1) is 6.04 Å². The van der Waals surface area contributed by atoms with E-state index in [2.05, 4.69) is 10.8 Å². The lowest BCUT2D eigenvalue weighted by Crippen LogP contribution is -2.43. The molecule has 2 unspecified atom stereocenters. The van der Waals surface area contributed by atoms with E-state index in [0.717, 1.165) is 25.3 Å². The van der Waals surface area contributed by atoms with E-state index in [4.69, 9.17) is 0 Å². The van der Waals surface area contributed by atoms with Gasteiger partial charge in [0.25, 0.3) is 0 Å². The largest absolute Gasteiger partial charge is 0.333 e. The highest BCUT2D eigenvalue weighted by Crippen LogP contribution is 2.31. The Morgan fingerprint density at radius 1 is 1.30 bits per heavy atom. The second-order valence-electron chi connectivity index (χ2n) is 5.84. The van der Waals surface area contributed by atoms with Crippen molar-refractivity contribution in [3.63, 3.8) is 0 Å². The lowest BCUT2D eigenvalue weighted by Gasteiger charge is -2.31. The molecule has 0 saturated carbocycles. The molecule has 1 aromatic rings. The minimum absolute atomic E-state index is 0.0326. The van der Waals surface area contributed by atoms with Crippen LogP contribution >= 0.6 is 0 Å². The third-order valence-corrected chi connectivity index (χ3v) is 5.85. The zero-order valence-corrected chi connectivity index (χ0v) is 13.4. The molecule has 7 heteroatoms. The summed E-state index contributed by atoms with van der Waals surface area (Å²) in [7, 11) is -3.94. The van der Waals surface area contributed by atoms with Gasteiger partial charge in [-0.2, -0.15) is 0 Å². The van der Waals surface area contributed by atoms with Gasteiger partial charge in [-0.3, -0.25) is 4.79 Å². The second kappa shape index (κ2) is 6.41. The molecule has 0 spiro atoms. The number of halogens is 1. The number of fused-ring (bicyclic) bond motifs is 2. The summed E-state index contributed by atoms with van der Waals surface area (Å²) in [5.74, 6) is -0.858. The zero-order chi connectivity index (χ0) is 16.4. The van der Waals surface area contributed by atoms with Gasteiger partial charge in [-0.25, -0.2) is 17.5 Å². The van der Waals surface area contributed by atoms with Gasteiger partial charge in [0.1, 0.15) is 10.7 Å². The number of carbonyl (C=O) groups excluding carboxylic acids is 1. The molecule has 3 rings (SSSR count). The molecular weight excluding hydrogens is 319 g/mol. The van der Waals surface area contributed by atoms with Crippen LogP contribution in [0.2, 0.25) is 0 Å². The van der Waals surface area contributed by atoms with E-state index < -0.39 is 20.7 Å². The second-order valence-corrected chi connectivity index (χ2v) is 7.58. The number of hydrogen-bond acceptors (Lipinski definition) is 3. The van der Waals surface area contributed by atoms with Gasteiger partial charge in [0.2, 0.25) is 15.9 Å². The number of sulfonamides is 1. The van der Waals surface area contributed by atoms with Crippen LogP contribution in [0.1, 0.15) is 25.7 Å². The van der Waals surface area contributed by atoms with Crippen molar-refractivity contribution in [1.82, 2.24) is 9.62 Å². The number of nitrogens with one attached hydrogen (secondary N) is 1. The van der Waals surface area contributed by atoms with Gasteiger partial charge < -0.3 is 4.90 Å². The van der Waals surface area contributed by atoms with Crippen LogP contribution in [0.25, 0.3) is 0 Å². The summed E-state index contributed by atoms with van der Waals surface area (Å²) in [6.07, 6.45) is 7.05. The maximum absolute atomic E-state index is 13.6. The number of benzene rings is 1. The minimum Gasteiger partial charge on any atom is -0.333 e. The van der Waals surface area contributed by atoms with Crippen LogP contribution in [-0.4, -0.2) is 37.9 Å². The van der Waals surface area contributed by atoms with E-state index in [0.29, 0.717) is 0 Å². The average Bonchev–Trinajstić information content (AvgIpc) is 2.77. The third-order valence-electron chi connectivity index (χ3n) is 4.36. The number of carbonyl (C=O) groups is 1. The molecule has 2 atom stereocenters. The van der Waals surface area contributed by atoms with Crippen LogP contribution < -0.4 is 4.72 Å². The summed E-state index contributed by atoms with van der Waals surface area (Å²) in [5.41, 5.74) is 0. The van der Waals surface area contributed by atoms with Crippen molar-refractivity contribution in [1.29, 1.82) is 0 Å². The zero-order valence-electron chi connectivity index (χ0n) is 12.6. The predicted octanol–water partition coefficient (Wildman–Crippen LogP) is 1.81. The molecule has 124 valence electrons. The van der Waals surface area contributed by atoms with E-state index in [9.17, 15) is 17.6 Å². The highest BCUT2D eigenvalue weighted by atomic mass is 32.2. The Morgan fingerprint density at radius 2 is 2.09 bits per heavy atom. The summed E-state index contributed by atoms with van der Waals surface area (Å²) >= 11 is 0. The molecule has 1 saturated heterocycles. The first-order valence-corrected chi connectivity index (χ1v) is 9.19. The fourth-order valence-corrected chi connectivity index (χ4v) is 4.38. The lowest BCUT2D eigenvalue weighted by molar-refractivity contribution is -0.133. The Balaban J connectivity index is 1.58. The number of amides is 1. The van der Waals surface area contributed by atoms with Crippen LogP contribution in [0.3, 0.4) is 0 Å². The highest BCUT2D eigenvalue weighted by Gasteiger charge is 2.36. The molecule has 5 nitrogen and oxygen atoms in total. The third kappa shape index (κ3) is 3.30. The molecule has 1 N–H and O–H groups in total. The lowest BCUT2D eigenvalue weighted by atomic mass is 10.1. The van der Waals surface area contributed by atoms with Gasteiger partial charge in [0, 0.05) is 19.0 Å². The first kappa shape index (κ1) is 16.1. The van der Waals surface area contributed by atoms with Gasteiger partial charge in [-0.1, -0.05) is 24.3 Å². The SMILES string of the molecule is O=C(CCNS(=O)(=O)c1ccccc1F)N1C2C=CCC1CC2. The molecule has 2 aliphatic heterocycles. The maximum Gasteiger partial charge on any atom is 0.243 e. The van der Waals surface area contributed by atoms with E-state index in [1.807, 2.05) is 11.0 Å². The number of nitrogens with zero attached hydrogens (tertiary/aromatic N) is 1. The van der Waals surface area contributed by atoms with Crippen molar-refractivity contribution >= 4 is 15.9 Å². The smallest absolute Gasteiger partial charge is 0.243 e. The van der Waals surface area contributed by atoms with Crippen molar-refractivity contribution < 1.29 is 17.6 Å². The molecule has 0 radical (unpaired) electrons. The van der Waals surface area contributed by atoms with Gasteiger partial charge in [-0.05, 0) is 31.4 Å². The topological polar surface area (TPSA) is 66.5 Å². The molecule has 0 aromatic heterocycles. The van der Waals surface area contributed by atoms with E-state index in [1.165, 1.54) is 18.2 Å². The Hall–Kier alpha value is -1.73. The Morgan fingerprint density at radius 3 is 2.83 bits per heavy atom. The Bertz CT molecular complexity index is 733. The van der Waals surface area contributed by atoms with E-state index >= 15 is 0 Å². The molecule has 1 fully saturated rings. The van der Waals surface area contributed by atoms with Crippen molar-refractivity contribution in [2.45, 2.75) is 42.7 Å². The average molecular weight is 338 g/mol. The summed E-state index contributed by atoms with van der Waals surface area (Å²) in [6.45, 7) is -0.0326. The van der Waals surface area contributed by atoms with Crippen LogP contribution in [0.15, 0.2) is 41.3 Å². The van der Waals surface area contributed by atoms with Crippen molar-refractivity contribution in [3.8, 4) is 0 Å². The highest BCUT2D eigenvalue weighted by molar-refractivity contribution is 7.89. The molecule has 2 heterocycles. The maximum atomic E-state index is 13.6. The van der Waals surface area contributed by atoms with Gasteiger partial charge in [-0.15, -0.1) is 0 Å². The molecular formula is C16H19FN2O3S. The molecule has 23 heavy (non-hydrogen) atoms. The van der Waals surface area contributed by atoms with Crippen LogP contribution in [0, 0.1) is 5.82 Å². The first-order chi connectivity index (χ1) is 11.0. The summed E-state index contributed by atoms with van der Waals surface area (Å²) < 4.78 is 40.0. The van der Waals surface area contributed by atoms with Crippen molar-refractivity contribution in [2.24, 2.45) is 0 Å². The van der Waals surface area contributed by atoms with Crippen LogP contribution in [0.5, 0.6) is 0 Å². The number of rotatable bonds is 5. The number of hydrogen-bond donors (Lipinski definition) is 1. The Kier molecular flexibility index (Phi) is 4.50. The quantitative estimate of drug-likeness (QED) is 0.833. The van der Waals surface area contributed by atoms with Gasteiger partial charge >= 0.3 is 0 Å². The van der Waals surface area contributed by atoms with E-state index in [1.54, 1.807) is 0 Å². The first-order valence-electron chi connectivity index (χ1n) is 7.71. The monoisotopic (exact) mass is 338 g/mol. The van der Waals surface area contributed by atoms with Gasteiger partial charge in [0.15, 0.2) is 0 Å². The summed E-state index contributed by atoms with van der Waals surface area (Å²) in [4.78, 5) is 13.8. The molecule has 0 aliphatic carbocycles. The van der Waals surface area contributed by atoms with Crippen LogP contribution in [-0.2, 0) is 14.8 Å². The fourth-order valence-electron chi connectivity index (χ4n) is 3.28. The summed E-state index contributed by atoms with van der Waals surface area (Å²) in [6, 6.07) is 5.56. The van der Waals surface area contributed by atoms with Crippen molar-refractivity contribution in [3.05, 3.63) is 42.2 Å². The molecule has 1 amide bonds. The predicted molar refractivity (Wildman–Crippen MR) is 83.6 cm³/mol. The van der Waals surface area contributed by atoms with E-state index in [-0.39, 0.29) is 31.0 Å². The minimum atomic E-state index is -3.94. The molecule has 2 bridgehead atoms. The molecule has 2 aliphatic rings. The Labute approximate surface area is 135 Å². The van der Waals surface area contributed by atoms with Crippen molar-refractivity contribution in [2.75, 3.05) is 6.54 Å². The normalized spacial score (nSPS) is 23.3. The molecule has 1 aromatic carbocycles. The van der Waals surface area contributed by atoms with Crippen LogP contribution in [0.4, 0.5) is 4.39 Å². The fraction of sp³-hybridized carbons (Fsp3) is 0.438.